The molecule has 9 nitrogen and oxygen atoms in total. The predicted molar refractivity (Wildman–Crippen MR) is 167 cm³/mol. The van der Waals surface area contributed by atoms with E-state index in [-0.39, 0.29) is 25.5 Å². The van der Waals surface area contributed by atoms with Crippen LogP contribution in [0.3, 0.4) is 0 Å². The number of hydrogen-bond acceptors (Lipinski definition) is 8. The van der Waals surface area contributed by atoms with E-state index in [0.29, 0.717) is 51.9 Å². The second-order valence-electron chi connectivity index (χ2n) is 12.2. The Bertz CT molecular complexity index is 1470. The Balaban J connectivity index is 1.77. The number of carbonyl (C=O) groups is 2. The smallest absolute Gasteiger partial charge is 0.304 e. The van der Waals surface area contributed by atoms with Crippen molar-refractivity contribution in [1.29, 1.82) is 0 Å². The molecule has 2 heterocycles. The second kappa shape index (κ2) is 13.2. The molecule has 1 amide bonds. The van der Waals surface area contributed by atoms with Crippen LogP contribution in [0.5, 0.6) is 11.5 Å². The van der Waals surface area contributed by atoms with Crippen molar-refractivity contribution in [2.24, 2.45) is 5.41 Å². The number of fused-ring (bicyclic) bond motifs is 1. The molecule has 0 saturated heterocycles. The number of benzene rings is 2. The van der Waals surface area contributed by atoms with Crippen molar-refractivity contribution in [1.82, 2.24) is 4.98 Å². The molecule has 0 aliphatic carbocycles. The molecule has 0 bridgehead atoms. The minimum atomic E-state index is -0.887. The van der Waals surface area contributed by atoms with Gasteiger partial charge in [0.15, 0.2) is 11.5 Å². The Labute approximate surface area is 261 Å². The van der Waals surface area contributed by atoms with E-state index in [4.69, 9.17) is 30.8 Å². The number of aliphatic carboxylic acids is 1. The van der Waals surface area contributed by atoms with Crippen LogP contribution in [0.4, 0.5) is 5.69 Å². The van der Waals surface area contributed by atoms with E-state index in [1.54, 1.807) is 37.3 Å². The topological polar surface area (TPSA) is 118 Å². The minimum Gasteiger partial charge on any atom is -0.493 e. The Morgan fingerprint density at radius 1 is 1.14 bits per heavy atom. The highest BCUT2D eigenvalue weighted by atomic mass is 35.5. The summed E-state index contributed by atoms with van der Waals surface area (Å²) in [5, 5.41) is 22.6. The summed E-state index contributed by atoms with van der Waals surface area (Å²) in [5.41, 5.74) is 1.49. The first kappa shape index (κ1) is 32.7. The number of aliphatic hydroxyl groups excluding tert-OH is 1. The Hall–Kier alpha value is -3.18. The van der Waals surface area contributed by atoms with Gasteiger partial charge in [-0.05, 0) is 30.7 Å². The molecule has 3 aromatic rings. The van der Waals surface area contributed by atoms with E-state index in [2.05, 4.69) is 0 Å². The van der Waals surface area contributed by atoms with Crippen LogP contribution in [-0.2, 0) is 26.2 Å². The number of amides is 1. The molecular formula is C32H39ClN2O7S. The van der Waals surface area contributed by atoms with Crippen LogP contribution in [0.1, 0.15) is 68.5 Å². The molecule has 0 spiro atoms. The van der Waals surface area contributed by atoms with E-state index in [9.17, 15) is 19.8 Å². The average molecular weight is 631 g/mol. The van der Waals surface area contributed by atoms with Gasteiger partial charge in [0, 0.05) is 57.6 Å². The lowest BCUT2D eigenvalue weighted by Crippen LogP contribution is -2.45. The first-order valence-corrected chi connectivity index (χ1v) is 15.3. The predicted octanol–water partition coefficient (Wildman–Crippen LogP) is 6.04. The fourth-order valence-electron chi connectivity index (χ4n) is 5.22. The lowest BCUT2D eigenvalue weighted by Gasteiger charge is -2.32. The highest BCUT2D eigenvalue weighted by Crippen LogP contribution is 2.46. The Morgan fingerprint density at radius 2 is 1.88 bits per heavy atom. The molecule has 2 atom stereocenters. The van der Waals surface area contributed by atoms with Crippen molar-refractivity contribution in [2.45, 2.75) is 64.6 Å². The number of ether oxygens (including phenoxy) is 3. The SMILES string of the molecule is COc1cccc([C@H]2O[C@H](CCc3nc(C(C)(C)CC(=O)O)cs3)C(=O)N(CC(C)(C)CO)c3ccc(Cl)cc32)c1OC. The zero-order valence-electron chi connectivity index (χ0n) is 25.3. The number of rotatable bonds is 12. The van der Waals surface area contributed by atoms with Crippen LogP contribution in [0.25, 0.3) is 0 Å². The lowest BCUT2D eigenvalue weighted by molar-refractivity contribution is -0.138. The number of nitrogens with zero attached hydrogens (tertiary/aromatic N) is 2. The summed E-state index contributed by atoms with van der Waals surface area (Å²) in [4.78, 5) is 32.1. The molecular weight excluding hydrogens is 592 g/mol. The van der Waals surface area contributed by atoms with Crippen LogP contribution in [-0.4, -0.2) is 60.5 Å². The van der Waals surface area contributed by atoms with Crippen LogP contribution >= 0.6 is 22.9 Å². The number of thiazole rings is 1. The van der Waals surface area contributed by atoms with E-state index in [1.807, 2.05) is 51.3 Å². The van der Waals surface area contributed by atoms with Crippen LogP contribution in [0.2, 0.25) is 5.02 Å². The van der Waals surface area contributed by atoms with Crippen molar-refractivity contribution in [3.05, 3.63) is 68.6 Å². The molecule has 0 saturated carbocycles. The number of methoxy groups -OCH3 is 2. The molecule has 232 valence electrons. The molecule has 0 radical (unpaired) electrons. The normalized spacial score (nSPS) is 17.4. The molecule has 0 fully saturated rings. The number of carboxylic acid groups (broad SMARTS) is 1. The van der Waals surface area contributed by atoms with Crippen molar-refractivity contribution in [2.75, 3.05) is 32.3 Å². The van der Waals surface area contributed by atoms with Gasteiger partial charge in [0.1, 0.15) is 12.2 Å². The minimum absolute atomic E-state index is 0.0408. The van der Waals surface area contributed by atoms with E-state index < -0.39 is 29.0 Å². The summed E-state index contributed by atoms with van der Waals surface area (Å²) in [5.74, 6) is -0.114. The lowest BCUT2D eigenvalue weighted by atomic mass is 9.86. The van der Waals surface area contributed by atoms with E-state index in [0.717, 1.165) is 5.01 Å². The largest absolute Gasteiger partial charge is 0.493 e. The molecule has 2 aromatic carbocycles. The number of para-hydroxylation sites is 1. The molecule has 4 rings (SSSR count). The van der Waals surface area contributed by atoms with E-state index in [1.165, 1.54) is 11.3 Å². The summed E-state index contributed by atoms with van der Waals surface area (Å²) in [7, 11) is 3.12. The van der Waals surface area contributed by atoms with Gasteiger partial charge in [-0.25, -0.2) is 4.98 Å². The van der Waals surface area contributed by atoms with Crippen molar-refractivity contribution in [3.63, 3.8) is 0 Å². The summed E-state index contributed by atoms with van der Waals surface area (Å²) < 4.78 is 18.0. The zero-order valence-corrected chi connectivity index (χ0v) is 26.9. The van der Waals surface area contributed by atoms with Gasteiger partial charge in [-0.2, -0.15) is 0 Å². The number of carboxylic acids is 1. The highest BCUT2D eigenvalue weighted by molar-refractivity contribution is 7.09. The van der Waals surface area contributed by atoms with Gasteiger partial charge < -0.3 is 29.3 Å². The van der Waals surface area contributed by atoms with Gasteiger partial charge in [0.25, 0.3) is 5.91 Å². The van der Waals surface area contributed by atoms with Crippen LogP contribution in [0.15, 0.2) is 41.8 Å². The standard InChI is InChI=1S/C32H39ClN2O7S/c1-31(2,18-36)17-35-22-11-10-19(33)14-21(22)28(20-8-7-9-23(40-5)29(20)41-6)42-24(30(35)39)12-13-26-34-25(16-43-26)32(3,4)15-27(37)38/h7-11,14,16,24,28,36H,12-13,15,17-18H2,1-6H3,(H,37,38)/t24-,28-/m1/s1. The fourth-order valence-corrected chi connectivity index (χ4v) is 6.41. The summed E-state index contributed by atoms with van der Waals surface area (Å²) in [6.45, 7) is 7.64. The maximum Gasteiger partial charge on any atom is 0.304 e. The quantitative estimate of drug-likeness (QED) is 0.249. The number of halogens is 1. The molecule has 11 heteroatoms. The summed E-state index contributed by atoms with van der Waals surface area (Å²) in [6.07, 6.45) is -0.871. The first-order valence-electron chi connectivity index (χ1n) is 14.0. The number of aromatic nitrogens is 1. The van der Waals surface area contributed by atoms with Gasteiger partial charge in [0.05, 0.1) is 31.3 Å². The fraction of sp³-hybridized carbons (Fsp3) is 0.469. The maximum atomic E-state index is 14.3. The average Bonchev–Trinajstić information content (AvgIpc) is 3.41. The Kier molecular flexibility index (Phi) is 10.1. The number of carbonyl (C=O) groups excluding carboxylic acids is 1. The Morgan fingerprint density at radius 3 is 2.53 bits per heavy atom. The highest BCUT2D eigenvalue weighted by Gasteiger charge is 2.40. The van der Waals surface area contributed by atoms with E-state index >= 15 is 0 Å². The third-order valence-electron chi connectivity index (χ3n) is 7.59. The first-order chi connectivity index (χ1) is 20.3. The number of aliphatic hydroxyl groups is 1. The van der Waals surface area contributed by atoms with Gasteiger partial charge in [-0.15, -0.1) is 11.3 Å². The van der Waals surface area contributed by atoms with Gasteiger partial charge in [-0.1, -0.05) is 51.4 Å². The molecule has 0 unspecified atom stereocenters. The monoisotopic (exact) mass is 630 g/mol. The van der Waals surface area contributed by atoms with Gasteiger partial charge in [0.2, 0.25) is 0 Å². The maximum absolute atomic E-state index is 14.3. The van der Waals surface area contributed by atoms with Crippen LogP contribution in [0, 0.1) is 5.41 Å². The van der Waals surface area contributed by atoms with Crippen molar-refractivity contribution < 1.29 is 34.0 Å². The van der Waals surface area contributed by atoms with Crippen molar-refractivity contribution >= 4 is 40.5 Å². The summed E-state index contributed by atoms with van der Waals surface area (Å²) >= 11 is 7.95. The third kappa shape index (κ3) is 7.32. The van der Waals surface area contributed by atoms with Gasteiger partial charge >= 0.3 is 5.97 Å². The van der Waals surface area contributed by atoms with Crippen molar-refractivity contribution in [3.8, 4) is 11.5 Å². The van der Waals surface area contributed by atoms with Crippen LogP contribution < -0.4 is 14.4 Å². The number of hydrogen-bond donors (Lipinski definition) is 2. The molecule has 1 aliphatic rings. The number of aryl methyl sites for hydroxylation is 1. The van der Waals surface area contributed by atoms with Gasteiger partial charge in [-0.3, -0.25) is 9.59 Å². The molecule has 2 N–H and O–H groups in total. The molecule has 1 aliphatic heterocycles. The molecule has 43 heavy (non-hydrogen) atoms. The summed E-state index contributed by atoms with van der Waals surface area (Å²) in [6, 6.07) is 10.9. The third-order valence-corrected chi connectivity index (χ3v) is 8.74. The zero-order chi connectivity index (χ0) is 31.5. The second-order valence-corrected chi connectivity index (χ2v) is 13.5. The molecule has 1 aromatic heterocycles. The number of anilines is 1.